The van der Waals surface area contributed by atoms with Gasteiger partial charge < -0.3 is 18.9 Å². The molecule has 4 heteroatoms. The van der Waals surface area contributed by atoms with Gasteiger partial charge in [0.15, 0.2) is 0 Å². The SMILES string of the molecule is C1=CC2(C=CC13O[C@H](c1ccccc1)[C@@H](c1ccccc1)O3)O[C@H](c1ccccc1)[C@@H](c1ccccc1)O2. The zero-order valence-electron chi connectivity index (χ0n) is 20.8. The Morgan fingerprint density at radius 2 is 0.526 bits per heavy atom. The fourth-order valence-corrected chi connectivity index (χ4v) is 5.53. The maximum Gasteiger partial charge on any atom is 0.209 e. The van der Waals surface area contributed by atoms with Gasteiger partial charge in [0.05, 0.1) is 0 Å². The molecule has 2 fully saturated rings. The maximum absolute atomic E-state index is 6.66. The van der Waals surface area contributed by atoms with E-state index in [1.54, 1.807) is 0 Å². The van der Waals surface area contributed by atoms with E-state index in [2.05, 4.69) is 48.5 Å². The smallest absolute Gasteiger partial charge is 0.209 e. The summed E-state index contributed by atoms with van der Waals surface area (Å²) in [7, 11) is 0. The lowest BCUT2D eigenvalue weighted by Gasteiger charge is -2.30. The van der Waals surface area contributed by atoms with Crippen molar-refractivity contribution in [3.8, 4) is 0 Å². The van der Waals surface area contributed by atoms with E-state index < -0.39 is 11.6 Å². The van der Waals surface area contributed by atoms with Crippen molar-refractivity contribution in [2.75, 3.05) is 0 Å². The minimum atomic E-state index is -1.02. The molecule has 0 bridgehead atoms. The summed E-state index contributed by atoms with van der Waals surface area (Å²) in [5.41, 5.74) is 4.29. The van der Waals surface area contributed by atoms with E-state index in [9.17, 15) is 0 Å². The number of hydrogen-bond acceptors (Lipinski definition) is 4. The van der Waals surface area contributed by atoms with Crippen LogP contribution < -0.4 is 0 Å². The van der Waals surface area contributed by atoms with Crippen LogP contribution in [0.1, 0.15) is 46.7 Å². The first-order valence-corrected chi connectivity index (χ1v) is 13.0. The Morgan fingerprint density at radius 1 is 0.316 bits per heavy atom. The van der Waals surface area contributed by atoms with Gasteiger partial charge in [-0.3, -0.25) is 0 Å². The first-order valence-electron chi connectivity index (χ1n) is 13.0. The second-order valence-electron chi connectivity index (χ2n) is 9.91. The summed E-state index contributed by atoms with van der Waals surface area (Å²) in [6.45, 7) is 0. The van der Waals surface area contributed by atoms with Gasteiger partial charge in [0.1, 0.15) is 24.4 Å². The Labute approximate surface area is 222 Å². The fourth-order valence-electron chi connectivity index (χ4n) is 5.53. The first kappa shape index (κ1) is 23.3. The highest BCUT2D eigenvalue weighted by Crippen LogP contribution is 2.53. The molecule has 2 saturated heterocycles. The molecule has 38 heavy (non-hydrogen) atoms. The van der Waals surface area contributed by atoms with E-state index in [1.165, 1.54) is 0 Å². The van der Waals surface area contributed by atoms with Crippen LogP contribution in [0.15, 0.2) is 146 Å². The van der Waals surface area contributed by atoms with Crippen LogP contribution in [0.25, 0.3) is 0 Å². The number of rotatable bonds is 4. The third-order valence-electron chi connectivity index (χ3n) is 7.40. The standard InChI is InChI=1S/C34H28O4/c1-5-13-25(14-6-1)29-30(26-15-7-2-8-16-26)36-33(35-29)21-23-34(24-22-33)37-31(27-17-9-3-10-18-27)32(38-34)28-19-11-4-12-20-28/h1-24,29-32H/t29-,30-,31-,32-/m1/s1. The van der Waals surface area contributed by atoms with Crippen LogP contribution in [0.5, 0.6) is 0 Å². The molecule has 4 aromatic carbocycles. The van der Waals surface area contributed by atoms with E-state index in [0.717, 1.165) is 22.3 Å². The van der Waals surface area contributed by atoms with Crippen molar-refractivity contribution in [1.29, 1.82) is 0 Å². The number of hydrogen-bond donors (Lipinski definition) is 0. The molecular formula is C34H28O4. The van der Waals surface area contributed by atoms with Gasteiger partial charge in [-0.25, -0.2) is 0 Å². The quantitative estimate of drug-likeness (QED) is 0.271. The minimum Gasteiger partial charge on any atom is -0.332 e. The molecule has 0 aromatic heterocycles. The lowest BCUT2D eigenvalue weighted by Crippen LogP contribution is -2.35. The third kappa shape index (κ3) is 4.22. The van der Waals surface area contributed by atoms with Crippen molar-refractivity contribution < 1.29 is 18.9 Å². The summed E-state index contributed by atoms with van der Waals surface area (Å²) >= 11 is 0. The van der Waals surface area contributed by atoms with E-state index in [4.69, 9.17) is 18.9 Å². The normalized spacial score (nSPS) is 26.7. The summed E-state index contributed by atoms with van der Waals surface area (Å²) in [4.78, 5) is 0. The molecule has 0 radical (unpaired) electrons. The maximum atomic E-state index is 6.66. The summed E-state index contributed by atoms with van der Waals surface area (Å²) in [5.74, 6) is -2.04. The van der Waals surface area contributed by atoms with Crippen LogP contribution in [0.4, 0.5) is 0 Å². The van der Waals surface area contributed by atoms with Crippen LogP contribution in [-0.4, -0.2) is 11.6 Å². The van der Waals surface area contributed by atoms with E-state index >= 15 is 0 Å². The zero-order chi connectivity index (χ0) is 25.4. The molecule has 7 rings (SSSR count). The van der Waals surface area contributed by atoms with Gasteiger partial charge in [-0.05, 0) is 46.6 Å². The molecule has 0 saturated carbocycles. The molecule has 2 heterocycles. The second-order valence-corrected chi connectivity index (χ2v) is 9.91. The molecule has 0 N–H and O–H groups in total. The van der Waals surface area contributed by atoms with Crippen LogP contribution in [0.3, 0.4) is 0 Å². The minimum absolute atomic E-state index is 0.263. The third-order valence-corrected chi connectivity index (χ3v) is 7.40. The Kier molecular flexibility index (Phi) is 5.83. The summed E-state index contributed by atoms with van der Waals surface area (Å²) in [6, 6.07) is 40.9. The van der Waals surface area contributed by atoms with Crippen molar-refractivity contribution in [2.24, 2.45) is 0 Å². The Morgan fingerprint density at radius 3 is 0.737 bits per heavy atom. The topological polar surface area (TPSA) is 36.9 Å². The van der Waals surface area contributed by atoms with Gasteiger partial charge in [-0.2, -0.15) is 0 Å². The highest BCUT2D eigenvalue weighted by atomic mass is 16.8. The molecule has 2 spiro atoms. The highest BCUT2D eigenvalue weighted by molar-refractivity contribution is 5.35. The average molecular weight is 501 g/mol. The van der Waals surface area contributed by atoms with Crippen molar-refractivity contribution >= 4 is 0 Å². The van der Waals surface area contributed by atoms with Gasteiger partial charge in [0.2, 0.25) is 11.6 Å². The van der Waals surface area contributed by atoms with Crippen molar-refractivity contribution in [1.82, 2.24) is 0 Å². The molecule has 4 aromatic rings. The molecule has 0 unspecified atom stereocenters. The molecule has 2 aliphatic heterocycles. The lowest BCUT2D eigenvalue weighted by molar-refractivity contribution is -0.127. The van der Waals surface area contributed by atoms with Crippen LogP contribution in [0, 0.1) is 0 Å². The molecular weight excluding hydrogens is 472 g/mol. The molecule has 4 atom stereocenters. The number of ether oxygens (including phenoxy) is 4. The van der Waals surface area contributed by atoms with Gasteiger partial charge in [-0.1, -0.05) is 121 Å². The van der Waals surface area contributed by atoms with E-state index in [1.807, 2.05) is 97.1 Å². The molecule has 188 valence electrons. The predicted molar refractivity (Wildman–Crippen MR) is 145 cm³/mol. The Bertz CT molecular complexity index is 1210. The molecule has 4 nitrogen and oxygen atoms in total. The number of benzene rings is 4. The van der Waals surface area contributed by atoms with Gasteiger partial charge in [-0.15, -0.1) is 0 Å². The van der Waals surface area contributed by atoms with Crippen LogP contribution >= 0.6 is 0 Å². The zero-order valence-corrected chi connectivity index (χ0v) is 20.8. The van der Waals surface area contributed by atoms with Crippen LogP contribution in [0.2, 0.25) is 0 Å². The van der Waals surface area contributed by atoms with Crippen molar-refractivity contribution in [2.45, 2.75) is 36.0 Å². The monoisotopic (exact) mass is 500 g/mol. The molecule has 1 aliphatic carbocycles. The van der Waals surface area contributed by atoms with Crippen LogP contribution in [-0.2, 0) is 18.9 Å². The van der Waals surface area contributed by atoms with E-state index in [0.29, 0.717) is 0 Å². The lowest BCUT2D eigenvalue weighted by atomic mass is 9.99. The largest absolute Gasteiger partial charge is 0.332 e. The fraction of sp³-hybridized carbons (Fsp3) is 0.176. The second kappa shape index (κ2) is 9.50. The van der Waals surface area contributed by atoms with Crippen molar-refractivity contribution in [3.05, 3.63) is 168 Å². The van der Waals surface area contributed by atoms with E-state index in [-0.39, 0.29) is 24.4 Å². The van der Waals surface area contributed by atoms with Gasteiger partial charge in [0.25, 0.3) is 0 Å². The predicted octanol–water partition coefficient (Wildman–Crippen LogP) is 7.56. The Balaban J connectivity index is 1.21. The van der Waals surface area contributed by atoms with Gasteiger partial charge >= 0.3 is 0 Å². The Hall–Kier alpha value is -3.80. The summed E-state index contributed by atoms with van der Waals surface area (Å²) in [5, 5.41) is 0. The van der Waals surface area contributed by atoms with Crippen molar-refractivity contribution in [3.63, 3.8) is 0 Å². The first-order chi connectivity index (χ1) is 18.7. The average Bonchev–Trinajstić information content (AvgIpc) is 3.57. The molecule has 0 amide bonds. The summed E-state index contributed by atoms with van der Waals surface area (Å²) in [6.07, 6.45) is 6.68. The summed E-state index contributed by atoms with van der Waals surface area (Å²) < 4.78 is 26.6. The molecule has 3 aliphatic rings. The van der Waals surface area contributed by atoms with Gasteiger partial charge in [0, 0.05) is 0 Å². The highest BCUT2D eigenvalue weighted by Gasteiger charge is 2.52.